The summed E-state index contributed by atoms with van der Waals surface area (Å²) in [4.78, 5) is 4.41. The van der Waals surface area contributed by atoms with Crippen molar-refractivity contribution in [2.24, 2.45) is 11.5 Å². The number of allylic oxidation sites excluding steroid dienone is 2. The minimum atomic E-state index is -0.794. The molecule has 0 aliphatic heterocycles. The van der Waals surface area contributed by atoms with Crippen LogP contribution in [0.2, 0.25) is 0 Å². The van der Waals surface area contributed by atoms with Crippen molar-refractivity contribution < 1.29 is 4.39 Å². The second-order valence-corrected chi connectivity index (χ2v) is 4.70. The first-order valence-corrected chi connectivity index (χ1v) is 6.18. The first-order valence-electron chi connectivity index (χ1n) is 6.18. The van der Waals surface area contributed by atoms with Gasteiger partial charge in [-0.1, -0.05) is 0 Å². The number of hydrogen-bond acceptors (Lipinski definition) is 4. The maximum Gasteiger partial charge on any atom is 0.184 e. The summed E-state index contributed by atoms with van der Waals surface area (Å²) < 4.78 is 12.5. The molecular formula is C15H17FN4. The highest BCUT2D eigenvalue weighted by atomic mass is 19.1. The maximum atomic E-state index is 12.5. The van der Waals surface area contributed by atoms with Gasteiger partial charge in [-0.2, -0.15) is 4.39 Å². The first-order chi connectivity index (χ1) is 9.45. The van der Waals surface area contributed by atoms with Crippen LogP contribution in [0.5, 0.6) is 0 Å². The van der Waals surface area contributed by atoms with Crippen molar-refractivity contribution in [3.05, 3.63) is 59.4 Å². The zero-order chi connectivity index (χ0) is 14.7. The standard InChI is InChI=1S/C15H17FN4/c1-9-5-11-6-10(2)8-19-15(11)12(7-9)20-14(18)4-3-13(16)17/h3-8,20H,17-18H2,1-2H3/b13-3-,14-4+. The van der Waals surface area contributed by atoms with E-state index in [-0.39, 0.29) is 0 Å². The fraction of sp³-hybridized carbons (Fsp3) is 0.133. The Morgan fingerprint density at radius 3 is 2.55 bits per heavy atom. The van der Waals surface area contributed by atoms with E-state index in [4.69, 9.17) is 11.5 Å². The summed E-state index contributed by atoms with van der Waals surface area (Å²) in [5, 5.41) is 4.04. The number of pyridine rings is 1. The normalized spacial score (nSPS) is 12.8. The lowest BCUT2D eigenvalue weighted by atomic mass is 10.1. The minimum absolute atomic E-state index is 0.292. The van der Waals surface area contributed by atoms with Gasteiger partial charge in [0.05, 0.1) is 11.2 Å². The molecule has 0 aliphatic carbocycles. The van der Waals surface area contributed by atoms with Gasteiger partial charge in [-0.25, -0.2) is 0 Å². The molecule has 0 aliphatic rings. The lowest BCUT2D eigenvalue weighted by Crippen LogP contribution is -2.09. The summed E-state index contributed by atoms with van der Waals surface area (Å²) in [6.07, 6.45) is 4.26. The van der Waals surface area contributed by atoms with E-state index < -0.39 is 5.95 Å². The zero-order valence-electron chi connectivity index (χ0n) is 11.4. The van der Waals surface area contributed by atoms with Gasteiger partial charge in [0.1, 0.15) is 5.82 Å². The number of nitrogens with two attached hydrogens (primary N) is 2. The van der Waals surface area contributed by atoms with Crippen LogP contribution in [-0.4, -0.2) is 4.98 Å². The van der Waals surface area contributed by atoms with Crippen LogP contribution >= 0.6 is 0 Å². The molecule has 0 saturated heterocycles. The Labute approximate surface area is 117 Å². The van der Waals surface area contributed by atoms with E-state index in [0.717, 1.165) is 33.8 Å². The maximum absolute atomic E-state index is 12.5. The molecule has 1 aromatic carbocycles. The summed E-state index contributed by atoms with van der Waals surface area (Å²) in [5.41, 5.74) is 14.5. The van der Waals surface area contributed by atoms with Crippen LogP contribution in [0.1, 0.15) is 11.1 Å². The van der Waals surface area contributed by atoms with Crippen LogP contribution in [0.4, 0.5) is 10.1 Å². The van der Waals surface area contributed by atoms with Crippen LogP contribution in [0, 0.1) is 13.8 Å². The third-order valence-electron chi connectivity index (χ3n) is 2.77. The van der Waals surface area contributed by atoms with Gasteiger partial charge in [-0.05, 0) is 55.3 Å². The molecule has 1 aromatic heterocycles. The van der Waals surface area contributed by atoms with E-state index in [1.807, 2.05) is 19.9 Å². The molecule has 1 heterocycles. The fourth-order valence-corrected chi connectivity index (χ4v) is 1.97. The molecule has 0 atom stereocenters. The fourth-order valence-electron chi connectivity index (χ4n) is 1.97. The monoisotopic (exact) mass is 272 g/mol. The Morgan fingerprint density at radius 1 is 1.15 bits per heavy atom. The number of nitrogens with one attached hydrogen (secondary N) is 1. The molecule has 2 rings (SSSR count). The third-order valence-corrected chi connectivity index (χ3v) is 2.77. The largest absolute Gasteiger partial charge is 0.385 e. The van der Waals surface area contributed by atoms with Gasteiger partial charge in [-0.15, -0.1) is 0 Å². The quantitative estimate of drug-likeness (QED) is 0.593. The first kappa shape index (κ1) is 13.9. The number of aryl methyl sites for hydroxylation is 2. The van der Waals surface area contributed by atoms with Crippen molar-refractivity contribution >= 4 is 16.6 Å². The van der Waals surface area contributed by atoms with Gasteiger partial charge in [0.25, 0.3) is 0 Å². The van der Waals surface area contributed by atoms with Gasteiger partial charge in [0, 0.05) is 11.6 Å². The van der Waals surface area contributed by atoms with Crippen molar-refractivity contribution in [3.8, 4) is 0 Å². The number of aromatic nitrogens is 1. The second kappa shape index (κ2) is 5.61. The van der Waals surface area contributed by atoms with Gasteiger partial charge in [-0.3, -0.25) is 4.98 Å². The van der Waals surface area contributed by atoms with E-state index in [1.54, 1.807) is 6.20 Å². The van der Waals surface area contributed by atoms with Crippen molar-refractivity contribution in [2.45, 2.75) is 13.8 Å². The van der Waals surface area contributed by atoms with Crippen LogP contribution in [0.15, 0.2) is 48.3 Å². The molecule has 5 heteroatoms. The van der Waals surface area contributed by atoms with Crippen LogP contribution in [0.3, 0.4) is 0 Å². The molecule has 0 spiro atoms. The van der Waals surface area contributed by atoms with Crippen LogP contribution < -0.4 is 16.8 Å². The lowest BCUT2D eigenvalue weighted by molar-refractivity contribution is 0.627. The molecule has 4 nitrogen and oxygen atoms in total. The van der Waals surface area contributed by atoms with Gasteiger partial charge in [0.2, 0.25) is 0 Å². The van der Waals surface area contributed by atoms with Crippen molar-refractivity contribution in [1.82, 2.24) is 4.98 Å². The Morgan fingerprint density at radius 2 is 1.85 bits per heavy atom. The molecule has 0 unspecified atom stereocenters. The topological polar surface area (TPSA) is 77.0 Å². The number of anilines is 1. The molecule has 0 fully saturated rings. The summed E-state index contributed by atoms with van der Waals surface area (Å²) in [7, 11) is 0. The summed E-state index contributed by atoms with van der Waals surface area (Å²) in [6, 6.07) is 6.05. The average Bonchev–Trinajstić information content (AvgIpc) is 2.35. The molecular weight excluding hydrogens is 255 g/mol. The van der Waals surface area contributed by atoms with Crippen molar-refractivity contribution in [3.63, 3.8) is 0 Å². The smallest absolute Gasteiger partial charge is 0.184 e. The number of rotatable bonds is 3. The molecule has 0 saturated carbocycles. The average molecular weight is 272 g/mol. The third kappa shape index (κ3) is 3.26. The summed E-state index contributed by atoms with van der Waals surface area (Å²) in [5.74, 6) is -0.502. The number of hydrogen-bond donors (Lipinski definition) is 3. The predicted octanol–water partition coefficient (Wildman–Crippen LogP) is 2.83. The molecule has 2 aromatic rings. The molecule has 0 amide bonds. The second-order valence-electron chi connectivity index (χ2n) is 4.70. The van der Waals surface area contributed by atoms with E-state index in [9.17, 15) is 4.39 Å². The highest BCUT2D eigenvalue weighted by molar-refractivity contribution is 5.92. The number of benzene rings is 1. The van der Waals surface area contributed by atoms with Gasteiger partial charge >= 0.3 is 0 Å². The van der Waals surface area contributed by atoms with Gasteiger partial charge in [0.15, 0.2) is 5.95 Å². The highest BCUT2D eigenvalue weighted by Gasteiger charge is 2.04. The van der Waals surface area contributed by atoms with E-state index in [2.05, 4.69) is 22.4 Å². The van der Waals surface area contributed by atoms with Crippen molar-refractivity contribution in [1.29, 1.82) is 0 Å². The van der Waals surface area contributed by atoms with Crippen molar-refractivity contribution in [2.75, 3.05) is 5.32 Å². The van der Waals surface area contributed by atoms with E-state index in [1.165, 1.54) is 6.08 Å². The Hall–Kier alpha value is -2.56. The predicted molar refractivity (Wildman–Crippen MR) is 80.5 cm³/mol. The number of fused-ring (bicyclic) bond motifs is 1. The number of nitrogens with zero attached hydrogens (tertiary/aromatic N) is 1. The SMILES string of the molecule is Cc1cnc2c(N/C(N)=C/C=C(\N)F)cc(C)cc2c1. The molecule has 0 radical (unpaired) electrons. The molecule has 0 bridgehead atoms. The zero-order valence-corrected chi connectivity index (χ0v) is 11.4. The Kier molecular flexibility index (Phi) is 3.89. The highest BCUT2D eigenvalue weighted by Crippen LogP contribution is 2.24. The van der Waals surface area contributed by atoms with Gasteiger partial charge < -0.3 is 16.8 Å². The van der Waals surface area contributed by atoms with E-state index >= 15 is 0 Å². The summed E-state index contributed by atoms with van der Waals surface area (Å²) >= 11 is 0. The summed E-state index contributed by atoms with van der Waals surface area (Å²) in [6.45, 7) is 3.98. The Bertz CT molecular complexity index is 695. The van der Waals surface area contributed by atoms with Crippen LogP contribution in [-0.2, 0) is 0 Å². The lowest BCUT2D eigenvalue weighted by Gasteiger charge is -2.11. The number of halogens is 1. The van der Waals surface area contributed by atoms with E-state index in [0.29, 0.717) is 5.82 Å². The minimum Gasteiger partial charge on any atom is -0.385 e. The molecule has 5 N–H and O–H groups in total. The molecule has 104 valence electrons. The van der Waals surface area contributed by atoms with Crippen LogP contribution in [0.25, 0.3) is 10.9 Å². The Balaban J connectivity index is 2.44. The molecule has 20 heavy (non-hydrogen) atoms.